The number of hydrogen-bond acceptors (Lipinski definition) is 4. The molecule has 0 amide bonds. The molecule has 4 heteroatoms. The molecule has 0 saturated carbocycles. The minimum Gasteiger partial charge on any atom is -0.497 e. The van der Waals surface area contributed by atoms with Crippen LogP contribution in [-0.4, -0.2) is 7.11 Å². The predicted octanol–water partition coefficient (Wildman–Crippen LogP) is 3.01. The van der Waals surface area contributed by atoms with Crippen LogP contribution in [0.1, 0.15) is 0 Å². The number of nitrogens with two attached hydrogens (primary N) is 2. The molecule has 2 aromatic carbocycles. The highest BCUT2D eigenvalue weighted by Crippen LogP contribution is 2.31. The maximum absolute atomic E-state index is 5.76. The molecule has 0 heterocycles. The summed E-state index contributed by atoms with van der Waals surface area (Å²) < 4.78 is 5.11. The van der Waals surface area contributed by atoms with Gasteiger partial charge in [-0.3, -0.25) is 0 Å². The van der Waals surface area contributed by atoms with E-state index >= 15 is 0 Å². The van der Waals surface area contributed by atoms with Crippen LogP contribution < -0.4 is 16.2 Å². The Hall–Kier alpha value is -1.81. The summed E-state index contributed by atoms with van der Waals surface area (Å²) >= 11 is 1.64. The molecule has 0 fully saturated rings. The molecular weight excluding hydrogens is 232 g/mol. The quantitative estimate of drug-likeness (QED) is 0.817. The summed E-state index contributed by atoms with van der Waals surface area (Å²) in [6, 6.07) is 13.5. The molecule has 0 bridgehead atoms. The van der Waals surface area contributed by atoms with Crippen molar-refractivity contribution in [1.82, 2.24) is 0 Å². The predicted molar refractivity (Wildman–Crippen MR) is 72.4 cm³/mol. The zero-order valence-corrected chi connectivity index (χ0v) is 10.3. The van der Waals surface area contributed by atoms with Crippen LogP contribution in [0.4, 0.5) is 11.4 Å². The third kappa shape index (κ3) is 2.85. The number of anilines is 2. The summed E-state index contributed by atoms with van der Waals surface area (Å²) in [6.45, 7) is 0. The molecule has 0 aliphatic carbocycles. The van der Waals surface area contributed by atoms with Gasteiger partial charge in [-0.15, -0.1) is 0 Å². The highest BCUT2D eigenvalue weighted by Gasteiger charge is 2.00. The number of hydrogen-bond donors (Lipinski definition) is 2. The van der Waals surface area contributed by atoms with Gasteiger partial charge in [-0.1, -0.05) is 11.8 Å². The largest absolute Gasteiger partial charge is 0.497 e. The molecule has 0 aromatic heterocycles. The summed E-state index contributed by atoms with van der Waals surface area (Å²) in [7, 11) is 1.66. The number of rotatable bonds is 3. The van der Waals surface area contributed by atoms with Crippen molar-refractivity contribution in [1.29, 1.82) is 0 Å². The Morgan fingerprint density at radius 1 is 0.882 bits per heavy atom. The number of nitrogen functional groups attached to an aromatic ring is 2. The van der Waals surface area contributed by atoms with E-state index in [4.69, 9.17) is 16.2 Å². The second kappa shape index (κ2) is 5.01. The first-order chi connectivity index (χ1) is 8.19. The molecule has 0 radical (unpaired) electrons. The molecule has 0 aliphatic rings. The van der Waals surface area contributed by atoms with Gasteiger partial charge in [-0.25, -0.2) is 0 Å². The summed E-state index contributed by atoms with van der Waals surface area (Å²) in [5.74, 6) is 0.853. The molecule has 0 saturated heterocycles. The molecule has 2 rings (SSSR count). The van der Waals surface area contributed by atoms with E-state index in [0.717, 1.165) is 15.5 Å². The van der Waals surface area contributed by atoms with E-state index in [1.165, 1.54) is 0 Å². The lowest BCUT2D eigenvalue weighted by atomic mass is 10.3. The molecule has 2 aromatic rings. The fourth-order valence-electron chi connectivity index (χ4n) is 1.40. The van der Waals surface area contributed by atoms with E-state index in [1.807, 2.05) is 42.5 Å². The van der Waals surface area contributed by atoms with Crippen molar-refractivity contribution in [2.24, 2.45) is 0 Å². The summed E-state index contributed by atoms with van der Waals surface area (Å²) in [6.07, 6.45) is 0. The van der Waals surface area contributed by atoms with Crippen LogP contribution in [0, 0.1) is 0 Å². The standard InChI is InChI=1S/C13H14N2OS/c1-16-9-2-4-10(5-3-9)17-11-6-7-12(14)13(15)8-11/h2-8H,14-15H2,1H3. The van der Waals surface area contributed by atoms with Gasteiger partial charge in [0, 0.05) is 9.79 Å². The van der Waals surface area contributed by atoms with Crippen LogP contribution in [-0.2, 0) is 0 Å². The number of benzene rings is 2. The lowest BCUT2D eigenvalue weighted by molar-refractivity contribution is 0.414. The minimum absolute atomic E-state index is 0.614. The van der Waals surface area contributed by atoms with Gasteiger partial charge in [0.1, 0.15) is 5.75 Å². The molecule has 17 heavy (non-hydrogen) atoms. The van der Waals surface area contributed by atoms with Crippen molar-refractivity contribution in [2.75, 3.05) is 18.6 Å². The van der Waals surface area contributed by atoms with Gasteiger partial charge in [-0.2, -0.15) is 0 Å². The van der Waals surface area contributed by atoms with Crippen molar-refractivity contribution in [3.05, 3.63) is 42.5 Å². The Kier molecular flexibility index (Phi) is 3.44. The van der Waals surface area contributed by atoms with Gasteiger partial charge in [0.15, 0.2) is 0 Å². The van der Waals surface area contributed by atoms with Crippen LogP contribution in [0.15, 0.2) is 52.3 Å². The Morgan fingerprint density at radius 3 is 2.12 bits per heavy atom. The van der Waals surface area contributed by atoms with Crippen LogP contribution in [0.25, 0.3) is 0 Å². The number of ether oxygens (including phenoxy) is 1. The maximum Gasteiger partial charge on any atom is 0.118 e. The molecule has 4 N–H and O–H groups in total. The van der Waals surface area contributed by atoms with Crippen LogP contribution in [0.3, 0.4) is 0 Å². The Morgan fingerprint density at radius 2 is 1.53 bits per heavy atom. The molecule has 0 spiro atoms. The van der Waals surface area contributed by atoms with Gasteiger partial charge < -0.3 is 16.2 Å². The van der Waals surface area contributed by atoms with Crippen molar-refractivity contribution in [3.8, 4) is 5.75 Å². The van der Waals surface area contributed by atoms with E-state index in [-0.39, 0.29) is 0 Å². The highest BCUT2D eigenvalue weighted by molar-refractivity contribution is 7.99. The number of methoxy groups -OCH3 is 1. The second-order valence-electron chi connectivity index (χ2n) is 3.57. The van der Waals surface area contributed by atoms with E-state index in [1.54, 1.807) is 18.9 Å². The van der Waals surface area contributed by atoms with Crippen molar-refractivity contribution in [2.45, 2.75) is 9.79 Å². The maximum atomic E-state index is 5.76. The fraction of sp³-hybridized carbons (Fsp3) is 0.0769. The van der Waals surface area contributed by atoms with Gasteiger partial charge >= 0.3 is 0 Å². The molecule has 0 atom stereocenters. The highest BCUT2D eigenvalue weighted by atomic mass is 32.2. The van der Waals surface area contributed by atoms with E-state index in [2.05, 4.69) is 0 Å². The van der Waals surface area contributed by atoms with Gasteiger partial charge in [0.25, 0.3) is 0 Å². The third-order valence-electron chi connectivity index (χ3n) is 2.35. The fourth-order valence-corrected chi connectivity index (χ4v) is 2.26. The topological polar surface area (TPSA) is 61.3 Å². The van der Waals surface area contributed by atoms with Gasteiger partial charge in [-0.05, 0) is 42.5 Å². The van der Waals surface area contributed by atoms with Crippen molar-refractivity contribution >= 4 is 23.1 Å². The summed E-state index contributed by atoms with van der Waals surface area (Å²) in [4.78, 5) is 2.21. The van der Waals surface area contributed by atoms with Gasteiger partial charge in [0.05, 0.1) is 18.5 Å². The molecule has 0 unspecified atom stereocenters. The van der Waals surface area contributed by atoms with Gasteiger partial charge in [0.2, 0.25) is 0 Å². The normalized spacial score (nSPS) is 10.2. The van der Waals surface area contributed by atoms with E-state index < -0.39 is 0 Å². The minimum atomic E-state index is 0.614. The average molecular weight is 246 g/mol. The SMILES string of the molecule is COc1ccc(Sc2ccc(N)c(N)c2)cc1. The lowest BCUT2D eigenvalue weighted by Crippen LogP contribution is -1.93. The van der Waals surface area contributed by atoms with Crippen LogP contribution in [0.2, 0.25) is 0 Å². The smallest absolute Gasteiger partial charge is 0.118 e. The first-order valence-corrected chi connectivity index (χ1v) is 5.97. The first-order valence-electron chi connectivity index (χ1n) is 5.16. The summed E-state index contributed by atoms with van der Waals surface area (Å²) in [5, 5.41) is 0. The average Bonchev–Trinajstić information content (AvgIpc) is 2.35. The van der Waals surface area contributed by atoms with E-state index in [9.17, 15) is 0 Å². The Balaban J connectivity index is 2.16. The monoisotopic (exact) mass is 246 g/mol. The second-order valence-corrected chi connectivity index (χ2v) is 4.72. The zero-order chi connectivity index (χ0) is 12.3. The third-order valence-corrected chi connectivity index (χ3v) is 3.35. The summed E-state index contributed by atoms with van der Waals surface area (Å²) in [5.41, 5.74) is 12.7. The van der Waals surface area contributed by atoms with Crippen LogP contribution >= 0.6 is 11.8 Å². The molecular formula is C13H14N2OS. The Labute approximate surface area is 105 Å². The Bertz CT molecular complexity index is 511. The molecule has 0 aliphatic heterocycles. The molecule has 3 nitrogen and oxygen atoms in total. The van der Waals surface area contributed by atoms with Crippen LogP contribution in [0.5, 0.6) is 5.75 Å². The lowest BCUT2D eigenvalue weighted by Gasteiger charge is -2.05. The molecule has 88 valence electrons. The zero-order valence-electron chi connectivity index (χ0n) is 9.51. The van der Waals surface area contributed by atoms with E-state index in [0.29, 0.717) is 11.4 Å². The first kappa shape index (κ1) is 11.7. The van der Waals surface area contributed by atoms with Crippen molar-refractivity contribution in [3.63, 3.8) is 0 Å². The van der Waals surface area contributed by atoms with Crippen molar-refractivity contribution < 1.29 is 4.74 Å².